The summed E-state index contributed by atoms with van der Waals surface area (Å²) in [6.07, 6.45) is -0.353. The number of hydrazine groups is 1. The van der Waals surface area contributed by atoms with Gasteiger partial charge in [0.05, 0.1) is 17.3 Å². The summed E-state index contributed by atoms with van der Waals surface area (Å²) in [5, 5.41) is -0.0906. The Labute approximate surface area is 149 Å². The molecule has 2 rings (SSSR count). The first kappa shape index (κ1) is 19.5. The van der Waals surface area contributed by atoms with Crippen LogP contribution < -0.4 is 15.6 Å². The Balaban J connectivity index is 1.68. The van der Waals surface area contributed by atoms with Gasteiger partial charge in [-0.2, -0.15) is 0 Å². The summed E-state index contributed by atoms with van der Waals surface area (Å²) in [5.41, 5.74) is 4.49. The van der Waals surface area contributed by atoms with Gasteiger partial charge in [-0.05, 0) is 37.6 Å². The van der Waals surface area contributed by atoms with E-state index in [1.54, 1.807) is 0 Å². The van der Waals surface area contributed by atoms with Crippen molar-refractivity contribution in [1.29, 1.82) is 0 Å². The lowest BCUT2D eigenvalue weighted by molar-refractivity contribution is -0.131. The average molecular weight is 390 g/mol. The maximum absolute atomic E-state index is 12.8. The molecule has 0 aliphatic carbocycles. The zero-order valence-electron chi connectivity index (χ0n) is 13.5. The molecule has 0 bridgehead atoms. The van der Waals surface area contributed by atoms with Crippen LogP contribution in [0.4, 0.5) is 4.39 Å². The lowest BCUT2D eigenvalue weighted by Gasteiger charge is -2.15. The van der Waals surface area contributed by atoms with E-state index in [1.807, 2.05) is 0 Å². The highest BCUT2D eigenvalue weighted by Gasteiger charge is 2.28. The molecule has 10 heteroatoms. The molecule has 0 aromatic heterocycles. The highest BCUT2D eigenvalue weighted by Crippen LogP contribution is 2.23. The fraction of sp³-hybridized carbons (Fsp3) is 0.467. The van der Waals surface area contributed by atoms with E-state index >= 15 is 0 Å². The van der Waals surface area contributed by atoms with Crippen molar-refractivity contribution in [2.45, 2.75) is 24.7 Å². The van der Waals surface area contributed by atoms with Crippen LogP contribution in [-0.4, -0.2) is 48.8 Å². The van der Waals surface area contributed by atoms with Gasteiger partial charge < -0.3 is 4.74 Å². The van der Waals surface area contributed by atoms with Crippen molar-refractivity contribution < 1.29 is 27.1 Å². The van der Waals surface area contributed by atoms with Crippen LogP contribution in [0.25, 0.3) is 0 Å². The molecule has 1 saturated heterocycles. The molecular formula is C15H19FN2O5S2. The van der Waals surface area contributed by atoms with E-state index in [9.17, 15) is 22.4 Å². The number of hydrogen-bond donors (Lipinski definition) is 2. The molecule has 1 aliphatic rings. The van der Waals surface area contributed by atoms with Crippen LogP contribution in [0.3, 0.4) is 0 Å². The van der Waals surface area contributed by atoms with Crippen LogP contribution in [-0.2, 0) is 19.4 Å². The Morgan fingerprint density at radius 2 is 2.00 bits per heavy atom. The van der Waals surface area contributed by atoms with Crippen molar-refractivity contribution in [1.82, 2.24) is 10.9 Å². The molecule has 2 atom stereocenters. The molecule has 1 aliphatic heterocycles. The van der Waals surface area contributed by atoms with Crippen LogP contribution in [0.5, 0.6) is 5.75 Å². The van der Waals surface area contributed by atoms with Crippen molar-refractivity contribution in [2.24, 2.45) is 0 Å². The SMILES string of the molecule is C[C@@H](Oc1ccc(F)cc1)C(=O)NNC(=O)CS[C@@H]1CCS(=O)(=O)C1. The number of nitrogens with one attached hydrogen (secondary N) is 2. The maximum Gasteiger partial charge on any atom is 0.279 e. The smallest absolute Gasteiger partial charge is 0.279 e. The van der Waals surface area contributed by atoms with E-state index in [0.29, 0.717) is 12.2 Å². The third-order valence-electron chi connectivity index (χ3n) is 3.46. The first-order valence-corrected chi connectivity index (χ1v) is 10.4. The van der Waals surface area contributed by atoms with Crippen LogP contribution in [0.15, 0.2) is 24.3 Å². The largest absolute Gasteiger partial charge is 0.481 e. The Hall–Kier alpha value is -1.81. The lowest BCUT2D eigenvalue weighted by Crippen LogP contribution is -2.47. The fourth-order valence-electron chi connectivity index (χ4n) is 2.13. The number of ether oxygens (including phenoxy) is 1. The predicted molar refractivity (Wildman–Crippen MR) is 92.3 cm³/mol. The van der Waals surface area contributed by atoms with Crippen LogP contribution in [0.2, 0.25) is 0 Å². The zero-order valence-corrected chi connectivity index (χ0v) is 15.2. The van der Waals surface area contributed by atoms with E-state index in [0.717, 1.165) is 0 Å². The minimum Gasteiger partial charge on any atom is -0.481 e. The highest BCUT2D eigenvalue weighted by molar-refractivity contribution is 8.02. The molecule has 7 nitrogen and oxygen atoms in total. The van der Waals surface area contributed by atoms with Gasteiger partial charge in [0.2, 0.25) is 5.91 Å². The average Bonchev–Trinajstić information content (AvgIpc) is 2.91. The molecule has 0 radical (unpaired) electrons. The fourth-order valence-corrected chi connectivity index (χ4v) is 5.57. The number of amides is 2. The summed E-state index contributed by atoms with van der Waals surface area (Å²) >= 11 is 1.25. The number of thioether (sulfide) groups is 1. The summed E-state index contributed by atoms with van der Waals surface area (Å²) in [6, 6.07) is 5.21. The summed E-state index contributed by atoms with van der Waals surface area (Å²) in [6.45, 7) is 1.49. The topological polar surface area (TPSA) is 102 Å². The van der Waals surface area contributed by atoms with Crippen LogP contribution in [0, 0.1) is 5.82 Å². The third kappa shape index (κ3) is 6.54. The summed E-state index contributed by atoms with van der Waals surface area (Å²) in [7, 11) is -2.98. The molecule has 1 aromatic carbocycles. The van der Waals surface area contributed by atoms with Gasteiger partial charge in [0.1, 0.15) is 11.6 Å². The van der Waals surface area contributed by atoms with Gasteiger partial charge in [0, 0.05) is 5.25 Å². The summed E-state index contributed by atoms with van der Waals surface area (Å²) < 4.78 is 40.8. The maximum atomic E-state index is 12.8. The van der Waals surface area contributed by atoms with Gasteiger partial charge >= 0.3 is 0 Å². The molecule has 1 heterocycles. The Kier molecular flexibility index (Phi) is 6.65. The second kappa shape index (κ2) is 8.52. The number of halogens is 1. The minimum absolute atomic E-state index is 0.0493. The summed E-state index contributed by atoms with van der Waals surface area (Å²) in [4.78, 5) is 23.6. The van der Waals surface area contributed by atoms with E-state index < -0.39 is 33.6 Å². The standard InChI is InChI=1S/C15H19FN2O5S2/c1-10(23-12-4-2-11(16)3-5-12)15(20)18-17-14(19)8-24-13-6-7-25(21,22)9-13/h2-5,10,13H,6-9H2,1H3,(H,17,19)(H,18,20)/t10-,13-/m1/s1. The predicted octanol–water partition coefficient (Wildman–Crippen LogP) is 0.661. The molecule has 138 valence electrons. The Morgan fingerprint density at radius 1 is 1.32 bits per heavy atom. The normalized spacial score (nSPS) is 19.8. The number of rotatable bonds is 6. The molecule has 0 saturated carbocycles. The monoisotopic (exact) mass is 390 g/mol. The molecule has 25 heavy (non-hydrogen) atoms. The van der Waals surface area contributed by atoms with Gasteiger partial charge in [-0.25, -0.2) is 12.8 Å². The number of sulfone groups is 1. The number of benzene rings is 1. The Bertz CT molecular complexity index is 724. The van der Waals surface area contributed by atoms with E-state index in [4.69, 9.17) is 4.74 Å². The zero-order chi connectivity index (χ0) is 18.4. The number of hydrogen-bond acceptors (Lipinski definition) is 6. The van der Waals surface area contributed by atoms with E-state index in [1.165, 1.54) is 43.0 Å². The van der Waals surface area contributed by atoms with Crippen molar-refractivity contribution >= 4 is 33.4 Å². The molecule has 2 N–H and O–H groups in total. The van der Waals surface area contributed by atoms with Crippen LogP contribution in [0.1, 0.15) is 13.3 Å². The van der Waals surface area contributed by atoms with Gasteiger partial charge in [-0.1, -0.05) is 0 Å². The molecule has 1 fully saturated rings. The lowest BCUT2D eigenvalue weighted by atomic mass is 10.3. The highest BCUT2D eigenvalue weighted by atomic mass is 32.2. The first-order chi connectivity index (χ1) is 11.7. The molecule has 0 spiro atoms. The summed E-state index contributed by atoms with van der Waals surface area (Å²) in [5.74, 6) is -0.796. The van der Waals surface area contributed by atoms with Gasteiger partial charge in [0.15, 0.2) is 15.9 Å². The van der Waals surface area contributed by atoms with E-state index in [2.05, 4.69) is 10.9 Å². The second-order valence-electron chi connectivity index (χ2n) is 5.59. The Morgan fingerprint density at radius 3 is 2.60 bits per heavy atom. The third-order valence-corrected chi connectivity index (χ3v) is 6.74. The molecular weight excluding hydrogens is 371 g/mol. The number of carbonyl (C=O) groups excluding carboxylic acids is 2. The first-order valence-electron chi connectivity index (χ1n) is 7.58. The number of carbonyl (C=O) groups is 2. The van der Waals surface area contributed by atoms with Gasteiger partial charge in [0.25, 0.3) is 5.91 Å². The molecule has 1 aromatic rings. The van der Waals surface area contributed by atoms with Crippen molar-refractivity contribution in [3.05, 3.63) is 30.1 Å². The van der Waals surface area contributed by atoms with E-state index in [-0.39, 0.29) is 22.5 Å². The minimum atomic E-state index is -2.98. The van der Waals surface area contributed by atoms with Crippen molar-refractivity contribution in [3.8, 4) is 5.75 Å². The molecule has 0 unspecified atom stereocenters. The second-order valence-corrected chi connectivity index (χ2v) is 9.10. The van der Waals surface area contributed by atoms with Gasteiger partial charge in [-0.3, -0.25) is 20.4 Å². The quantitative estimate of drug-likeness (QED) is 0.692. The van der Waals surface area contributed by atoms with Crippen molar-refractivity contribution in [3.63, 3.8) is 0 Å². The van der Waals surface area contributed by atoms with Gasteiger partial charge in [-0.15, -0.1) is 11.8 Å². The van der Waals surface area contributed by atoms with Crippen LogP contribution >= 0.6 is 11.8 Å². The molecule has 2 amide bonds. The van der Waals surface area contributed by atoms with Crippen molar-refractivity contribution in [2.75, 3.05) is 17.3 Å².